The van der Waals surface area contributed by atoms with E-state index in [1.54, 1.807) is 6.92 Å². The molecule has 0 atom stereocenters. The summed E-state index contributed by atoms with van der Waals surface area (Å²) in [5.74, 6) is -1.21. The van der Waals surface area contributed by atoms with Gasteiger partial charge in [-0.05, 0) is 74.8 Å². The first-order valence-electron chi connectivity index (χ1n) is 10.7. The Morgan fingerprint density at radius 1 is 1.16 bits per heavy atom. The second-order valence-corrected chi connectivity index (χ2v) is 9.31. The number of carbonyl (C=O) groups excluding carboxylic acids is 2. The third-order valence-corrected chi connectivity index (χ3v) is 5.88. The summed E-state index contributed by atoms with van der Waals surface area (Å²) in [6, 6.07) is 3.95. The van der Waals surface area contributed by atoms with Crippen molar-refractivity contribution in [1.29, 1.82) is 0 Å². The lowest BCUT2D eigenvalue weighted by Gasteiger charge is -2.32. The molecule has 4 nitrogen and oxygen atoms in total. The van der Waals surface area contributed by atoms with Crippen LogP contribution in [-0.4, -0.2) is 16.9 Å². The van der Waals surface area contributed by atoms with Crippen LogP contribution >= 0.6 is 11.6 Å². The number of hydrogen-bond acceptors (Lipinski definition) is 3. The Labute approximate surface area is 196 Å². The van der Waals surface area contributed by atoms with Crippen LogP contribution in [0.5, 0.6) is 5.75 Å². The van der Waals surface area contributed by atoms with Gasteiger partial charge < -0.3 is 5.11 Å². The molecule has 1 aromatic rings. The Bertz CT molecular complexity index is 1040. The predicted octanol–water partition coefficient (Wildman–Crippen LogP) is 6.83. The summed E-state index contributed by atoms with van der Waals surface area (Å²) in [6.07, 6.45) is 15.0. The maximum Gasteiger partial charge on any atom is 0.259 e. The Hall–Kier alpha value is -2.85. The number of amides is 2. The zero-order valence-corrected chi connectivity index (χ0v) is 20.2. The number of rotatable bonds is 6. The molecule has 0 bridgehead atoms. The number of halogens is 1. The second kappa shape index (κ2) is 11.1. The molecular formula is C27H32ClNO3. The summed E-state index contributed by atoms with van der Waals surface area (Å²) in [6.45, 7) is 10.6. The number of imide groups is 1. The average Bonchev–Trinajstić information content (AvgIpc) is 2.66. The lowest BCUT2D eigenvalue weighted by molar-refractivity contribution is -0.115. The number of allylic oxidation sites excluding steroid dienone is 9. The highest BCUT2D eigenvalue weighted by molar-refractivity contribution is 6.34. The third kappa shape index (κ3) is 7.38. The van der Waals surface area contributed by atoms with Crippen LogP contribution in [0.25, 0.3) is 0 Å². The predicted molar refractivity (Wildman–Crippen MR) is 132 cm³/mol. The zero-order chi connectivity index (χ0) is 23.9. The maximum atomic E-state index is 12.2. The van der Waals surface area contributed by atoms with E-state index < -0.39 is 11.8 Å². The number of benzene rings is 1. The molecule has 2 N–H and O–H groups in total. The van der Waals surface area contributed by atoms with Crippen LogP contribution in [0, 0.1) is 5.41 Å². The third-order valence-electron chi connectivity index (χ3n) is 5.57. The van der Waals surface area contributed by atoms with Crippen molar-refractivity contribution in [3.05, 3.63) is 87.5 Å². The molecule has 2 rings (SSSR count). The van der Waals surface area contributed by atoms with Gasteiger partial charge in [-0.2, -0.15) is 0 Å². The zero-order valence-electron chi connectivity index (χ0n) is 19.5. The second-order valence-electron chi connectivity index (χ2n) is 8.91. The molecule has 1 aliphatic carbocycles. The van der Waals surface area contributed by atoms with Gasteiger partial charge in [0.15, 0.2) is 0 Å². The number of nitrogens with one attached hydrogen (secondary N) is 1. The topological polar surface area (TPSA) is 66.4 Å². The summed E-state index contributed by atoms with van der Waals surface area (Å²) in [4.78, 5) is 24.3. The normalized spacial score (nSPS) is 17.3. The fraction of sp³-hybridized carbons (Fsp3) is 0.333. The monoisotopic (exact) mass is 453 g/mol. The van der Waals surface area contributed by atoms with Crippen molar-refractivity contribution < 1.29 is 14.7 Å². The van der Waals surface area contributed by atoms with E-state index in [0.717, 1.165) is 5.57 Å². The van der Waals surface area contributed by atoms with Crippen molar-refractivity contribution in [2.45, 2.75) is 53.9 Å². The van der Waals surface area contributed by atoms with Gasteiger partial charge in [0.1, 0.15) is 5.75 Å². The van der Waals surface area contributed by atoms with Gasteiger partial charge in [0, 0.05) is 6.08 Å². The number of phenolic OH excluding ortho intramolecular Hbond substituents is 1. The molecule has 2 amide bonds. The SMILES string of the molecule is CC1=C(/C=C/C(C)=C/C=C/C(C)=C/C(=O)NC(=O)c2ccc(O)cc2Cl)C(C)(C)CCC1. The minimum atomic E-state index is -0.621. The maximum absolute atomic E-state index is 12.2. The molecule has 0 spiro atoms. The number of hydrogen-bond donors (Lipinski definition) is 2. The van der Waals surface area contributed by atoms with E-state index in [9.17, 15) is 14.7 Å². The molecule has 0 aromatic heterocycles. The molecule has 0 heterocycles. The van der Waals surface area contributed by atoms with Gasteiger partial charge in [-0.3, -0.25) is 14.9 Å². The van der Waals surface area contributed by atoms with Gasteiger partial charge in [0.2, 0.25) is 0 Å². The standard InChI is InChI=1S/C27H32ClNO3/c1-18(11-14-23-20(3)10-7-15-27(23,4)5)8-6-9-19(2)16-25(31)29-26(32)22-13-12-21(30)17-24(22)28/h6,8-9,11-14,16-17,30H,7,10,15H2,1-5H3,(H,29,31,32)/b9-6+,14-11+,18-8+,19-16+. The summed E-state index contributed by atoms with van der Waals surface area (Å²) >= 11 is 5.94. The molecule has 1 aliphatic rings. The van der Waals surface area contributed by atoms with Crippen molar-refractivity contribution >= 4 is 23.4 Å². The minimum Gasteiger partial charge on any atom is -0.508 e. The lowest BCUT2D eigenvalue weighted by Crippen LogP contribution is -2.29. The molecule has 32 heavy (non-hydrogen) atoms. The summed E-state index contributed by atoms with van der Waals surface area (Å²) < 4.78 is 0. The van der Waals surface area contributed by atoms with E-state index in [-0.39, 0.29) is 21.8 Å². The van der Waals surface area contributed by atoms with E-state index in [0.29, 0.717) is 5.57 Å². The largest absolute Gasteiger partial charge is 0.508 e. The van der Waals surface area contributed by atoms with Crippen molar-refractivity contribution in [2.75, 3.05) is 0 Å². The quantitative estimate of drug-likeness (QED) is 0.366. The number of aromatic hydroxyl groups is 1. The molecular weight excluding hydrogens is 422 g/mol. The summed E-state index contributed by atoms with van der Waals surface area (Å²) in [7, 11) is 0. The highest BCUT2D eigenvalue weighted by atomic mass is 35.5. The van der Waals surface area contributed by atoms with Gasteiger partial charge >= 0.3 is 0 Å². The van der Waals surface area contributed by atoms with E-state index in [1.807, 2.05) is 25.2 Å². The smallest absolute Gasteiger partial charge is 0.259 e. The van der Waals surface area contributed by atoms with Crippen molar-refractivity contribution in [2.24, 2.45) is 5.41 Å². The van der Waals surface area contributed by atoms with Gasteiger partial charge in [-0.1, -0.05) is 67.0 Å². The molecule has 170 valence electrons. The molecule has 0 radical (unpaired) electrons. The van der Waals surface area contributed by atoms with Gasteiger partial charge in [-0.25, -0.2) is 0 Å². The van der Waals surface area contributed by atoms with Crippen LogP contribution in [0.15, 0.2) is 76.9 Å². The first kappa shape index (κ1) is 25.4. The fourth-order valence-electron chi connectivity index (χ4n) is 3.79. The highest BCUT2D eigenvalue weighted by Gasteiger charge is 2.26. The minimum absolute atomic E-state index is 0.0498. The Kier molecular flexibility index (Phi) is 8.85. The van der Waals surface area contributed by atoms with Gasteiger partial charge in [0.05, 0.1) is 10.6 Å². The summed E-state index contributed by atoms with van der Waals surface area (Å²) in [5, 5.41) is 11.7. The van der Waals surface area contributed by atoms with Crippen molar-refractivity contribution in [3.63, 3.8) is 0 Å². The lowest BCUT2D eigenvalue weighted by atomic mass is 9.72. The van der Waals surface area contributed by atoms with Crippen molar-refractivity contribution in [3.8, 4) is 5.75 Å². The van der Waals surface area contributed by atoms with E-state index in [2.05, 4.69) is 38.2 Å². The molecule has 5 heteroatoms. The Morgan fingerprint density at radius 3 is 2.53 bits per heavy atom. The average molecular weight is 454 g/mol. The number of phenols is 1. The van der Waals surface area contributed by atoms with Crippen LogP contribution in [0.2, 0.25) is 5.02 Å². The van der Waals surface area contributed by atoms with Gasteiger partial charge in [-0.15, -0.1) is 0 Å². The molecule has 0 saturated heterocycles. The van der Waals surface area contributed by atoms with E-state index >= 15 is 0 Å². The molecule has 0 saturated carbocycles. The van der Waals surface area contributed by atoms with Crippen LogP contribution in [0.1, 0.15) is 64.2 Å². The van der Waals surface area contributed by atoms with E-state index in [4.69, 9.17) is 11.6 Å². The van der Waals surface area contributed by atoms with Crippen LogP contribution in [0.4, 0.5) is 0 Å². The molecule has 0 aliphatic heterocycles. The van der Waals surface area contributed by atoms with E-state index in [1.165, 1.54) is 54.7 Å². The summed E-state index contributed by atoms with van der Waals surface area (Å²) in [5.41, 5.74) is 5.03. The van der Waals surface area contributed by atoms with Crippen molar-refractivity contribution in [1.82, 2.24) is 5.32 Å². The van der Waals surface area contributed by atoms with Crippen LogP contribution < -0.4 is 5.32 Å². The molecule has 0 fully saturated rings. The molecule has 0 unspecified atom stereocenters. The van der Waals surface area contributed by atoms with Gasteiger partial charge in [0.25, 0.3) is 11.8 Å². The Morgan fingerprint density at radius 2 is 1.88 bits per heavy atom. The fourth-order valence-corrected chi connectivity index (χ4v) is 4.05. The van der Waals surface area contributed by atoms with Crippen LogP contribution in [-0.2, 0) is 4.79 Å². The van der Waals surface area contributed by atoms with Crippen LogP contribution in [0.3, 0.4) is 0 Å². The molecule has 1 aromatic carbocycles. The first-order valence-corrected chi connectivity index (χ1v) is 11.1. The number of carbonyl (C=O) groups is 2. The Balaban J connectivity index is 1.97. The first-order chi connectivity index (χ1) is 15.0. The highest BCUT2D eigenvalue weighted by Crippen LogP contribution is 2.40.